The van der Waals surface area contributed by atoms with Crippen molar-refractivity contribution in [3.63, 3.8) is 0 Å². The number of rotatable bonds is 6. The first-order chi connectivity index (χ1) is 9.37. The highest BCUT2D eigenvalue weighted by Gasteiger charge is 2.42. The van der Waals surface area contributed by atoms with Gasteiger partial charge in [0.2, 0.25) is 10.0 Å². The van der Waals surface area contributed by atoms with Gasteiger partial charge in [0.15, 0.2) is 0 Å². The van der Waals surface area contributed by atoms with Crippen molar-refractivity contribution in [2.45, 2.75) is 49.5 Å². The zero-order valence-electron chi connectivity index (χ0n) is 11.4. The lowest BCUT2D eigenvalue weighted by Gasteiger charge is -2.40. The number of aryl methyl sites for hydroxylation is 1. The van der Waals surface area contributed by atoms with Crippen LogP contribution < -0.4 is 4.72 Å². The summed E-state index contributed by atoms with van der Waals surface area (Å²) in [6, 6.07) is 6.68. The van der Waals surface area contributed by atoms with E-state index in [1.807, 2.05) is 6.92 Å². The molecule has 0 saturated heterocycles. The Morgan fingerprint density at radius 1 is 1.30 bits per heavy atom. The lowest BCUT2D eigenvalue weighted by molar-refractivity contribution is -0.139. The molecule has 0 spiro atoms. The summed E-state index contributed by atoms with van der Waals surface area (Å²) >= 11 is 0. The van der Waals surface area contributed by atoms with Crippen molar-refractivity contribution in [2.24, 2.45) is 0 Å². The molecule has 0 aliphatic heterocycles. The first-order valence-electron chi connectivity index (χ1n) is 6.72. The van der Waals surface area contributed by atoms with Crippen LogP contribution in [0.1, 0.15) is 38.2 Å². The molecule has 6 heteroatoms. The van der Waals surface area contributed by atoms with Gasteiger partial charge in [-0.1, -0.05) is 19.1 Å². The molecule has 0 amide bonds. The minimum absolute atomic E-state index is 0.167. The van der Waals surface area contributed by atoms with Crippen LogP contribution in [0.4, 0.5) is 0 Å². The van der Waals surface area contributed by atoms with E-state index in [1.54, 1.807) is 24.3 Å². The summed E-state index contributed by atoms with van der Waals surface area (Å²) in [5.41, 5.74) is 0.251. The first-order valence-corrected chi connectivity index (χ1v) is 8.20. The van der Waals surface area contributed by atoms with E-state index in [1.165, 1.54) is 0 Å². The van der Waals surface area contributed by atoms with Crippen LogP contribution in [0.25, 0.3) is 0 Å². The van der Waals surface area contributed by atoms with Gasteiger partial charge >= 0.3 is 5.97 Å². The number of carboxylic acids is 1. The molecular formula is C14H19NO4S. The van der Waals surface area contributed by atoms with Crippen LogP contribution in [-0.2, 0) is 21.2 Å². The fourth-order valence-electron chi connectivity index (χ4n) is 2.46. The second kappa shape index (κ2) is 5.54. The van der Waals surface area contributed by atoms with Crippen molar-refractivity contribution >= 4 is 16.0 Å². The number of hydrogen-bond acceptors (Lipinski definition) is 3. The monoisotopic (exact) mass is 297 g/mol. The number of carboxylic acid groups (broad SMARTS) is 1. The molecule has 0 aromatic heterocycles. The van der Waals surface area contributed by atoms with Crippen molar-refractivity contribution in [3.8, 4) is 0 Å². The third-order valence-electron chi connectivity index (χ3n) is 3.79. The van der Waals surface area contributed by atoms with E-state index in [0.29, 0.717) is 12.8 Å². The summed E-state index contributed by atoms with van der Waals surface area (Å²) in [7, 11) is -3.66. The third-order valence-corrected chi connectivity index (χ3v) is 5.39. The number of hydrogen-bond donors (Lipinski definition) is 2. The van der Waals surface area contributed by atoms with Gasteiger partial charge in [0.05, 0.1) is 11.3 Å². The lowest BCUT2D eigenvalue weighted by atomic mass is 9.75. The number of aliphatic carboxylic acids is 1. The summed E-state index contributed by atoms with van der Waals surface area (Å²) in [6.07, 6.45) is 2.68. The quantitative estimate of drug-likeness (QED) is 0.840. The van der Waals surface area contributed by atoms with Crippen molar-refractivity contribution in [2.75, 3.05) is 0 Å². The average molecular weight is 297 g/mol. The summed E-state index contributed by atoms with van der Waals surface area (Å²) in [5, 5.41) is 8.91. The SMILES string of the molecule is CCc1ccc(S(=O)(=O)NC2(CC(=O)O)CCC2)cc1. The smallest absolute Gasteiger partial charge is 0.305 e. The average Bonchev–Trinajstić information content (AvgIpc) is 2.35. The minimum Gasteiger partial charge on any atom is -0.481 e. The highest BCUT2D eigenvalue weighted by molar-refractivity contribution is 7.89. The maximum absolute atomic E-state index is 12.3. The molecule has 20 heavy (non-hydrogen) atoms. The van der Waals surface area contributed by atoms with Crippen LogP contribution >= 0.6 is 0 Å². The molecule has 1 aliphatic rings. The Kier molecular flexibility index (Phi) is 4.15. The van der Waals surface area contributed by atoms with Gasteiger partial charge in [-0.3, -0.25) is 4.79 Å². The molecule has 1 aliphatic carbocycles. The topological polar surface area (TPSA) is 83.5 Å². The van der Waals surface area contributed by atoms with Crippen LogP contribution in [0.3, 0.4) is 0 Å². The molecule has 110 valence electrons. The van der Waals surface area contributed by atoms with E-state index in [-0.39, 0.29) is 11.3 Å². The second-order valence-electron chi connectivity index (χ2n) is 5.31. The highest BCUT2D eigenvalue weighted by atomic mass is 32.2. The number of sulfonamides is 1. The number of carbonyl (C=O) groups is 1. The molecule has 0 radical (unpaired) electrons. The minimum atomic E-state index is -3.66. The van der Waals surface area contributed by atoms with E-state index in [4.69, 9.17) is 5.11 Å². The van der Waals surface area contributed by atoms with Gasteiger partial charge in [-0.2, -0.15) is 0 Å². The van der Waals surface area contributed by atoms with Gasteiger partial charge in [0, 0.05) is 5.54 Å². The van der Waals surface area contributed by atoms with E-state index >= 15 is 0 Å². The van der Waals surface area contributed by atoms with Crippen molar-refractivity contribution < 1.29 is 18.3 Å². The van der Waals surface area contributed by atoms with Crippen LogP contribution in [0.2, 0.25) is 0 Å². The Balaban J connectivity index is 2.19. The second-order valence-corrected chi connectivity index (χ2v) is 6.99. The van der Waals surface area contributed by atoms with Gasteiger partial charge in [0.1, 0.15) is 0 Å². The Hall–Kier alpha value is -1.40. The zero-order valence-corrected chi connectivity index (χ0v) is 12.2. The Bertz CT molecular complexity index is 588. The Labute approximate surface area is 119 Å². The van der Waals surface area contributed by atoms with Crippen LogP contribution in [0.5, 0.6) is 0 Å². The summed E-state index contributed by atoms with van der Waals surface area (Å²) in [5.74, 6) is -0.978. The molecule has 0 bridgehead atoms. The van der Waals surface area contributed by atoms with Gasteiger partial charge in [-0.15, -0.1) is 0 Å². The molecule has 2 rings (SSSR count). The summed E-state index contributed by atoms with van der Waals surface area (Å²) < 4.78 is 27.2. The molecule has 1 saturated carbocycles. The maximum atomic E-state index is 12.3. The predicted octanol–water partition coefficient (Wildman–Crippen LogP) is 1.92. The van der Waals surface area contributed by atoms with Gasteiger partial charge in [0.25, 0.3) is 0 Å². The molecule has 5 nitrogen and oxygen atoms in total. The summed E-state index contributed by atoms with van der Waals surface area (Å²) in [6.45, 7) is 2.00. The fraction of sp³-hybridized carbons (Fsp3) is 0.500. The van der Waals surface area contributed by atoms with Crippen LogP contribution in [0, 0.1) is 0 Å². The Morgan fingerprint density at radius 3 is 2.30 bits per heavy atom. The molecule has 0 unspecified atom stereocenters. The van der Waals surface area contributed by atoms with Crippen molar-refractivity contribution in [3.05, 3.63) is 29.8 Å². The molecule has 1 fully saturated rings. The van der Waals surface area contributed by atoms with Gasteiger partial charge in [-0.05, 0) is 43.4 Å². The molecular weight excluding hydrogens is 278 g/mol. The zero-order chi connectivity index (χ0) is 14.8. The van der Waals surface area contributed by atoms with Crippen molar-refractivity contribution in [1.29, 1.82) is 0 Å². The lowest BCUT2D eigenvalue weighted by Crippen LogP contribution is -2.54. The van der Waals surface area contributed by atoms with E-state index < -0.39 is 21.5 Å². The van der Waals surface area contributed by atoms with Gasteiger partial charge < -0.3 is 5.11 Å². The van der Waals surface area contributed by atoms with E-state index in [2.05, 4.69) is 4.72 Å². The number of nitrogens with one attached hydrogen (secondary N) is 1. The molecule has 1 aromatic rings. The summed E-state index contributed by atoms with van der Waals surface area (Å²) in [4.78, 5) is 11.1. The van der Waals surface area contributed by atoms with Crippen LogP contribution in [-0.4, -0.2) is 25.0 Å². The van der Waals surface area contributed by atoms with Gasteiger partial charge in [-0.25, -0.2) is 13.1 Å². The third kappa shape index (κ3) is 3.19. The predicted molar refractivity (Wildman–Crippen MR) is 75.0 cm³/mol. The Morgan fingerprint density at radius 2 is 1.90 bits per heavy atom. The fourth-order valence-corrected chi connectivity index (χ4v) is 3.91. The van der Waals surface area contributed by atoms with E-state index in [9.17, 15) is 13.2 Å². The normalized spacial score (nSPS) is 17.4. The molecule has 0 heterocycles. The highest BCUT2D eigenvalue weighted by Crippen LogP contribution is 2.36. The van der Waals surface area contributed by atoms with Crippen molar-refractivity contribution in [1.82, 2.24) is 4.72 Å². The molecule has 1 aromatic carbocycles. The number of benzene rings is 1. The van der Waals surface area contributed by atoms with Crippen LogP contribution in [0.15, 0.2) is 29.2 Å². The largest absolute Gasteiger partial charge is 0.481 e. The first kappa shape index (κ1) is 15.0. The molecule has 0 atom stereocenters. The standard InChI is InChI=1S/C14H19NO4S/c1-2-11-4-6-12(7-5-11)20(18,19)15-14(8-3-9-14)10-13(16)17/h4-7,15H,2-3,8-10H2,1H3,(H,16,17). The molecule has 2 N–H and O–H groups in total. The maximum Gasteiger partial charge on any atom is 0.305 e. The van der Waals surface area contributed by atoms with E-state index in [0.717, 1.165) is 18.4 Å².